The van der Waals surface area contributed by atoms with Crippen molar-refractivity contribution < 1.29 is 18.8 Å². The maximum Gasteiger partial charge on any atom is 0.252 e. The van der Waals surface area contributed by atoms with Crippen molar-refractivity contribution in [2.75, 3.05) is 11.9 Å². The van der Waals surface area contributed by atoms with Crippen molar-refractivity contribution in [1.29, 1.82) is 0 Å². The van der Waals surface area contributed by atoms with E-state index in [0.29, 0.717) is 15.7 Å². The van der Waals surface area contributed by atoms with E-state index in [1.54, 1.807) is 24.3 Å². The molecule has 0 saturated carbocycles. The lowest BCUT2D eigenvalue weighted by atomic mass is 10.1. The summed E-state index contributed by atoms with van der Waals surface area (Å²) in [6.45, 7) is 1.58. The molecule has 0 aromatic heterocycles. The number of amides is 2. The van der Waals surface area contributed by atoms with Crippen LogP contribution in [0.2, 0.25) is 0 Å². The third-order valence-corrected chi connectivity index (χ3v) is 4.08. The van der Waals surface area contributed by atoms with Gasteiger partial charge in [0.25, 0.3) is 5.91 Å². The Balaban J connectivity index is 1.83. The first-order chi connectivity index (χ1) is 11.9. The van der Waals surface area contributed by atoms with Crippen LogP contribution >= 0.6 is 15.9 Å². The van der Waals surface area contributed by atoms with Crippen LogP contribution < -0.4 is 10.6 Å². The Morgan fingerprint density at radius 2 is 1.76 bits per heavy atom. The molecule has 0 bridgehead atoms. The van der Waals surface area contributed by atoms with Gasteiger partial charge in [-0.15, -0.1) is 0 Å². The Kier molecular flexibility index (Phi) is 6.41. The van der Waals surface area contributed by atoms with Crippen LogP contribution in [-0.4, -0.2) is 24.1 Å². The summed E-state index contributed by atoms with van der Waals surface area (Å²) in [5.41, 5.74) is 1.29. The highest BCUT2D eigenvalue weighted by molar-refractivity contribution is 9.10. The summed E-state index contributed by atoms with van der Waals surface area (Å²) < 4.78 is 13.7. The molecule has 2 aromatic rings. The van der Waals surface area contributed by atoms with Crippen LogP contribution in [0.25, 0.3) is 0 Å². The fraction of sp³-hybridized carbons (Fsp3) is 0.167. The van der Waals surface area contributed by atoms with Crippen molar-refractivity contribution in [3.63, 3.8) is 0 Å². The molecule has 7 heteroatoms. The van der Waals surface area contributed by atoms with Crippen molar-refractivity contribution in [3.8, 4) is 0 Å². The van der Waals surface area contributed by atoms with Gasteiger partial charge in [0.2, 0.25) is 5.91 Å². The van der Waals surface area contributed by atoms with Gasteiger partial charge in [0, 0.05) is 28.7 Å². The summed E-state index contributed by atoms with van der Waals surface area (Å²) in [6.07, 6.45) is 0.0626. The number of halogens is 2. The number of hydrogen-bond acceptors (Lipinski definition) is 3. The number of hydrogen-bond donors (Lipinski definition) is 2. The van der Waals surface area contributed by atoms with E-state index in [1.165, 1.54) is 19.1 Å². The van der Waals surface area contributed by atoms with Crippen molar-refractivity contribution in [1.82, 2.24) is 5.32 Å². The maximum atomic E-state index is 13.2. The van der Waals surface area contributed by atoms with Gasteiger partial charge in [-0.2, -0.15) is 0 Å². The largest absolute Gasteiger partial charge is 0.351 e. The van der Waals surface area contributed by atoms with Gasteiger partial charge in [-0.3, -0.25) is 14.4 Å². The first-order valence-electron chi connectivity index (χ1n) is 7.51. The predicted octanol–water partition coefficient (Wildman–Crippen LogP) is 3.55. The molecule has 130 valence electrons. The molecule has 0 aliphatic carbocycles. The highest BCUT2D eigenvalue weighted by Crippen LogP contribution is 2.17. The van der Waals surface area contributed by atoms with E-state index < -0.39 is 11.7 Å². The number of carbonyl (C=O) groups is 3. The Morgan fingerprint density at radius 1 is 1.08 bits per heavy atom. The van der Waals surface area contributed by atoms with Gasteiger partial charge in [0.15, 0.2) is 5.78 Å². The van der Waals surface area contributed by atoms with Crippen LogP contribution in [0.4, 0.5) is 10.1 Å². The second-order valence-electron chi connectivity index (χ2n) is 5.31. The summed E-state index contributed by atoms with van der Waals surface area (Å²) in [7, 11) is 0. The van der Waals surface area contributed by atoms with Crippen LogP contribution in [0, 0.1) is 5.82 Å². The molecule has 2 rings (SSSR count). The molecule has 0 saturated heterocycles. The molecular formula is C18H16BrFN2O3. The van der Waals surface area contributed by atoms with Crippen LogP contribution in [-0.2, 0) is 4.79 Å². The van der Waals surface area contributed by atoms with Crippen LogP contribution in [0.15, 0.2) is 46.9 Å². The molecule has 0 heterocycles. The molecule has 0 aliphatic rings. The smallest absolute Gasteiger partial charge is 0.252 e. The molecule has 0 radical (unpaired) electrons. The lowest BCUT2D eigenvalue weighted by Gasteiger charge is -2.08. The number of rotatable bonds is 6. The zero-order valence-electron chi connectivity index (χ0n) is 13.4. The number of benzene rings is 2. The lowest BCUT2D eigenvalue weighted by molar-refractivity contribution is -0.116. The van der Waals surface area contributed by atoms with Gasteiger partial charge in [-0.25, -0.2) is 4.39 Å². The molecule has 0 atom stereocenters. The molecule has 0 spiro atoms. The Morgan fingerprint density at radius 3 is 2.40 bits per heavy atom. The van der Waals surface area contributed by atoms with Crippen LogP contribution in [0.1, 0.15) is 34.1 Å². The molecule has 0 aliphatic heterocycles. The van der Waals surface area contributed by atoms with Crippen molar-refractivity contribution in [3.05, 3.63) is 63.9 Å². The third-order valence-electron chi connectivity index (χ3n) is 3.39. The molecule has 2 amide bonds. The zero-order valence-corrected chi connectivity index (χ0v) is 15.0. The second kappa shape index (κ2) is 8.53. The molecule has 0 fully saturated rings. The SMILES string of the molecule is CC(=O)c1ccc(NC(=O)CCNC(=O)c2cc(F)ccc2Br)cc1. The summed E-state index contributed by atoms with van der Waals surface area (Å²) in [5.74, 6) is -1.32. The summed E-state index contributed by atoms with van der Waals surface area (Å²) in [6, 6.07) is 10.3. The topological polar surface area (TPSA) is 75.3 Å². The number of anilines is 1. The van der Waals surface area contributed by atoms with E-state index >= 15 is 0 Å². The highest BCUT2D eigenvalue weighted by atomic mass is 79.9. The minimum Gasteiger partial charge on any atom is -0.351 e. The Bertz CT molecular complexity index is 806. The third kappa shape index (κ3) is 5.49. The summed E-state index contributed by atoms with van der Waals surface area (Å²) in [4.78, 5) is 35.1. The molecule has 2 aromatic carbocycles. The predicted molar refractivity (Wildman–Crippen MR) is 96.1 cm³/mol. The second-order valence-corrected chi connectivity index (χ2v) is 6.17. The fourth-order valence-corrected chi connectivity index (χ4v) is 2.49. The standard InChI is InChI=1S/C18H16BrFN2O3/c1-11(23)12-2-5-14(6-3-12)22-17(24)8-9-21-18(25)15-10-13(20)4-7-16(15)19/h2-7,10H,8-9H2,1H3,(H,21,25)(H,22,24). The van der Waals surface area contributed by atoms with Gasteiger partial charge in [-0.1, -0.05) is 0 Å². The van der Waals surface area contributed by atoms with Gasteiger partial charge in [0.1, 0.15) is 5.82 Å². The van der Waals surface area contributed by atoms with E-state index in [0.717, 1.165) is 6.07 Å². The van der Waals surface area contributed by atoms with Crippen molar-refractivity contribution >= 4 is 39.2 Å². The Labute approximate surface area is 152 Å². The van der Waals surface area contributed by atoms with Gasteiger partial charge in [-0.05, 0) is 65.3 Å². The minimum atomic E-state index is -0.514. The number of ketones is 1. The van der Waals surface area contributed by atoms with E-state index in [-0.39, 0.29) is 30.2 Å². The summed E-state index contributed by atoms with van der Waals surface area (Å²) in [5, 5.41) is 5.24. The molecule has 0 unspecified atom stereocenters. The monoisotopic (exact) mass is 406 g/mol. The summed E-state index contributed by atoms with van der Waals surface area (Å²) >= 11 is 3.18. The van der Waals surface area contributed by atoms with Gasteiger partial charge >= 0.3 is 0 Å². The fourth-order valence-electron chi connectivity index (χ4n) is 2.07. The molecular weight excluding hydrogens is 391 g/mol. The van der Waals surface area contributed by atoms with Crippen LogP contribution in [0.5, 0.6) is 0 Å². The molecule has 2 N–H and O–H groups in total. The van der Waals surface area contributed by atoms with E-state index in [1.807, 2.05) is 0 Å². The highest BCUT2D eigenvalue weighted by Gasteiger charge is 2.11. The van der Waals surface area contributed by atoms with Crippen molar-refractivity contribution in [2.45, 2.75) is 13.3 Å². The maximum absolute atomic E-state index is 13.2. The molecule has 5 nitrogen and oxygen atoms in total. The lowest BCUT2D eigenvalue weighted by Crippen LogP contribution is -2.28. The Hall–Kier alpha value is -2.54. The van der Waals surface area contributed by atoms with E-state index in [2.05, 4.69) is 26.6 Å². The first kappa shape index (κ1) is 18.8. The normalized spacial score (nSPS) is 10.2. The quantitative estimate of drug-likeness (QED) is 0.720. The number of nitrogens with one attached hydrogen (secondary N) is 2. The first-order valence-corrected chi connectivity index (χ1v) is 8.30. The van der Waals surface area contributed by atoms with Crippen LogP contribution in [0.3, 0.4) is 0 Å². The zero-order chi connectivity index (χ0) is 18.4. The number of Topliss-reactive ketones (excluding diaryl/α,β-unsaturated/α-hetero) is 1. The van der Waals surface area contributed by atoms with Crippen molar-refractivity contribution in [2.24, 2.45) is 0 Å². The van der Waals surface area contributed by atoms with Gasteiger partial charge < -0.3 is 10.6 Å². The van der Waals surface area contributed by atoms with E-state index in [4.69, 9.17) is 0 Å². The average Bonchev–Trinajstić information content (AvgIpc) is 2.57. The molecule has 25 heavy (non-hydrogen) atoms. The van der Waals surface area contributed by atoms with E-state index in [9.17, 15) is 18.8 Å². The average molecular weight is 407 g/mol. The minimum absolute atomic E-state index is 0.0518. The van der Waals surface area contributed by atoms with Gasteiger partial charge in [0.05, 0.1) is 5.56 Å². The number of carbonyl (C=O) groups excluding carboxylic acids is 3.